The number of nitrogens with zero attached hydrogens (tertiary/aromatic N) is 3. The lowest BCUT2D eigenvalue weighted by atomic mass is 10.1. The van der Waals surface area contributed by atoms with Crippen LogP contribution in [-0.4, -0.2) is 36.5 Å². The van der Waals surface area contributed by atoms with Crippen molar-refractivity contribution in [1.29, 1.82) is 0 Å². The number of anilines is 2. The Labute approximate surface area is 198 Å². The van der Waals surface area contributed by atoms with Gasteiger partial charge in [-0.05, 0) is 62.4 Å². The van der Waals surface area contributed by atoms with Crippen LogP contribution < -0.4 is 14.6 Å². The molecule has 0 saturated heterocycles. The minimum absolute atomic E-state index is 0.0824. The smallest absolute Gasteiger partial charge is 0.359 e. The standard InChI is InChI=1S/C27H25N3O4/c1-18-9-11-20(12-10-18)26(32)29(3)21-13-15-23(16-14-21)34-27(33)24-17-25(19(2)31)30(28-24)22-7-5-4-6-8-22/h4-16,25H,17H2,1-3H3. The zero-order valence-corrected chi connectivity index (χ0v) is 19.3. The summed E-state index contributed by atoms with van der Waals surface area (Å²) in [6.07, 6.45) is 0.176. The first kappa shape index (κ1) is 22.9. The van der Waals surface area contributed by atoms with Crippen molar-refractivity contribution in [2.45, 2.75) is 26.3 Å². The molecule has 0 aliphatic carbocycles. The van der Waals surface area contributed by atoms with Crippen molar-refractivity contribution in [3.05, 3.63) is 90.0 Å². The fourth-order valence-electron chi connectivity index (χ4n) is 3.68. The first-order valence-corrected chi connectivity index (χ1v) is 10.9. The summed E-state index contributed by atoms with van der Waals surface area (Å²) in [5.74, 6) is -0.506. The quantitative estimate of drug-likeness (QED) is 0.407. The monoisotopic (exact) mass is 455 g/mol. The summed E-state index contributed by atoms with van der Waals surface area (Å²) in [6.45, 7) is 3.45. The van der Waals surface area contributed by atoms with Gasteiger partial charge in [0.15, 0.2) is 5.78 Å². The number of aryl methyl sites for hydroxylation is 1. The highest BCUT2D eigenvalue weighted by Gasteiger charge is 2.35. The molecule has 7 nitrogen and oxygen atoms in total. The maximum absolute atomic E-state index is 12.7. The van der Waals surface area contributed by atoms with Gasteiger partial charge in [0.2, 0.25) is 0 Å². The molecule has 172 valence electrons. The van der Waals surface area contributed by atoms with Crippen LogP contribution in [-0.2, 0) is 9.59 Å². The second-order valence-electron chi connectivity index (χ2n) is 8.17. The van der Waals surface area contributed by atoms with Gasteiger partial charge < -0.3 is 9.64 Å². The predicted molar refractivity (Wildman–Crippen MR) is 131 cm³/mol. The van der Waals surface area contributed by atoms with Crippen LogP contribution in [0.2, 0.25) is 0 Å². The number of ether oxygens (including phenoxy) is 1. The maximum Gasteiger partial charge on any atom is 0.359 e. The Balaban J connectivity index is 1.45. The lowest BCUT2D eigenvalue weighted by Gasteiger charge is -2.20. The summed E-state index contributed by atoms with van der Waals surface area (Å²) >= 11 is 0. The minimum atomic E-state index is -0.610. The van der Waals surface area contributed by atoms with E-state index in [-0.39, 0.29) is 23.8 Å². The van der Waals surface area contributed by atoms with E-state index < -0.39 is 12.0 Å². The zero-order valence-electron chi connectivity index (χ0n) is 19.3. The summed E-state index contributed by atoms with van der Waals surface area (Å²) in [4.78, 5) is 39.1. The third-order valence-corrected chi connectivity index (χ3v) is 5.67. The van der Waals surface area contributed by atoms with Gasteiger partial charge in [-0.25, -0.2) is 4.79 Å². The van der Waals surface area contributed by atoms with Crippen LogP contribution in [0.1, 0.15) is 29.3 Å². The first-order chi connectivity index (χ1) is 16.3. The third-order valence-electron chi connectivity index (χ3n) is 5.67. The van der Waals surface area contributed by atoms with Crippen LogP contribution in [0, 0.1) is 6.92 Å². The van der Waals surface area contributed by atoms with Crippen molar-refractivity contribution >= 4 is 34.7 Å². The molecule has 1 aliphatic rings. The highest BCUT2D eigenvalue weighted by Crippen LogP contribution is 2.26. The Morgan fingerprint density at radius 1 is 0.941 bits per heavy atom. The minimum Gasteiger partial charge on any atom is -0.422 e. The molecule has 34 heavy (non-hydrogen) atoms. The molecule has 4 rings (SSSR count). The fraction of sp³-hybridized carbons (Fsp3) is 0.185. The number of carbonyl (C=O) groups excluding carboxylic acids is 3. The van der Waals surface area contributed by atoms with Crippen molar-refractivity contribution in [2.75, 3.05) is 17.0 Å². The largest absolute Gasteiger partial charge is 0.422 e. The molecule has 3 aromatic rings. The molecule has 0 radical (unpaired) electrons. The second-order valence-corrected chi connectivity index (χ2v) is 8.17. The maximum atomic E-state index is 12.7. The molecule has 1 amide bonds. The first-order valence-electron chi connectivity index (χ1n) is 10.9. The fourth-order valence-corrected chi connectivity index (χ4v) is 3.68. The molecule has 1 atom stereocenters. The van der Waals surface area contributed by atoms with Crippen LogP contribution in [0.4, 0.5) is 11.4 Å². The molecule has 1 heterocycles. The molecule has 3 aromatic carbocycles. The van der Waals surface area contributed by atoms with Crippen LogP contribution in [0.25, 0.3) is 0 Å². The van der Waals surface area contributed by atoms with E-state index in [1.165, 1.54) is 11.8 Å². The zero-order chi connectivity index (χ0) is 24.2. The Bertz CT molecular complexity index is 1240. The SMILES string of the molecule is CC(=O)C1CC(C(=O)Oc2ccc(N(C)C(=O)c3ccc(C)cc3)cc2)=NN1c1ccccc1. The third kappa shape index (κ3) is 4.88. The van der Waals surface area contributed by atoms with Crippen LogP contribution >= 0.6 is 0 Å². The molecule has 0 bridgehead atoms. The Hall–Kier alpha value is -4.26. The number of carbonyl (C=O) groups is 3. The molecule has 0 fully saturated rings. The van der Waals surface area contributed by atoms with Gasteiger partial charge in [-0.15, -0.1) is 0 Å². The van der Waals surface area contributed by atoms with E-state index >= 15 is 0 Å². The van der Waals surface area contributed by atoms with Gasteiger partial charge in [0, 0.05) is 24.7 Å². The predicted octanol–water partition coefficient (Wildman–Crippen LogP) is 4.40. The summed E-state index contributed by atoms with van der Waals surface area (Å²) < 4.78 is 5.49. The second kappa shape index (κ2) is 9.70. The number of Topliss-reactive ketones (excluding diaryl/α,β-unsaturated/α-hetero) is 1. The average molecular weight is 456 g/mol. The Morgan fingerprint density at radius 2 is 1.59 bits per heavy atom. The molecule has 0 N–H and O–H groups in total. The molecule has 7 heteroatoms. The van der Waals surface area contributed by atoms with Crippen molar-refractivity contribution in [3.63, 3.8) is 0 Å². The van der Waals surface area contributed by atoms with Crippen molar-refractivity contribution < 1.29 is 19.1 Å². The Morgan fingerprint density at radius 3 is 2.21 bits per heavy atom. The van der Waals surface area contributed by atoms with Gasteiger partial charge in [0.1, 0.15) is 17.5 Å². The van der Waals surface area contributed by atoms with Crippen molar-refractivity contribution in [2.24, 2.45) is 5.10 Å². The number of hydrazone groups is 1. The highest BCUT2D eigenvalue weighted by atomic mass is 16.5. The van der Waals surface area contributed by atoms with Gasteiger partial charge >= 0.3 is 5.97 Å². The number of amides is 1. The number of hydrogen-bond acceptors (Lipinski definition) is 6. The van der Waals surface area contributed by atoms with Gasteiger partial charge in [0.25, 0.3) is 5.91 Å². The molecule has 0 aromatic heterocycles. The highest BCUT2D eigenvalue weighted by molar-refractivity contribution is 6.38. The van der Waals surface area contributed by atoms with E-state index in [2.05, 4.69) is 5.10 Å². The van der Waals surface area contributed by atoms with Crippen LogP contribution in [0.3, 0.4) is 0 Å². The van der Waals surface area contributed by atoms with E-state index in [4.69, 9.17) is 4.74 Å². The van der Waals surface area contributed by atoms with E-state index in [1.54, 1.807) is 48.5 Å². The van der Waals surface area contributed by atoms with Crippen LogP contribution in [0.5, 0.6) is 5.75 Å². The summed E-state index contributed by atoms with van der Waals surface area (Å²) in [6, 6.07) is 22.7. The summed E-state index contributed by atoms with van der Waals surface area (Å²) in [5.41, 5.74) is 3.25. The van der Waals surface area contributed by atoms with Gasteiger partial charge in [-0.3, -0.25) is 14.6 Å². The molecular weight excluding hydrogens is 430 g/mol. The normalized spacial score (nSPS) is 15.0. The molecule has 0 saturated carbocycles. The molecule has 1 aliphatic heterocycles. The van der Waals surface area contributed by atoms with Crippen molar-refractivity contribution in [1.82, 2.24) is 0 Å². The average Bonchev–Trinajstić information content (AvgIpc) is 3.31. The van der Waals surface area contributed by atoms with Gasteiger partial charge in [-0.1, -0.05) is 35.9 Å². The summed E-state index contributed by atoms with van der Waals surface area (Å²) in [7, 11) is 1.69. The van der Waals surface area contributed by atoms with Crippen molar-refractivity contribution in [3.8, 4) is 5.75 Å². The number of rotatable bonds is 6. The molecule has 1 unspecified atom stereocenters. The van der Waals surface area contributed by atoms with Crippen LogP contribution in [0.15, 0.2) is 84.0 Å². The molecular formula is C27H25N3O4. The number of para-hydroxylation sites is 1. The van der Waals surface area contributed by atoms with Gasteiger partial charge in [0.05, 0.1) is 5.69 Å². The number of ketones is 1. The van der Waals surface area contributed by atoms with E-state index in [1.807, 2.05) is 49.4 Å². The lowest BCUT2D eigenvalue weighted by molar-refractivity contribution is -0.127. The lowest BCUT2D eigenvalue weighted by Crippen LogP contribution is -2.33. The van der Waals surface area contributed by atoms with E-state index in [0.717, 1.165) is 11.3 Å². The van der Waals surface area contributed by atoms with Gasteiger partial charge in [-0.2, -0.15) is 5.10 Å². The molecule has 0 spiro atoms. The number of benzene rings is 3. The topological polar surface area (TPSA) is 79.3 Å². The van der Waals surface area contributed by atoms with E-state index in [0.29, 0.717) is 17.0 Å². The van der Waals surface area contributed by atoms with E-state index in [9.17, 15) is 14.4 Å². The number of hydrogen-bond donors (Lipinski definition) is 0. The Kier molecular flexibility index (Phi) is 6.54. The number of esters is 1. The summed E-state index contributed by atoms with van der Waals surface area (Å²) in [5, 5.41) is 5.93.